The lowest BCUT2D eigenvalue weighted by Gasteiger charge is -2.15. The summed E-state index contributed by atoms with van der Waals surface area (Å²) in [6, 6.07) is 7.87. The third-order valence-corrected chi connectivity index (χ3v) is 2.86. The summed E-state index contributed by atoms with van der Waals surface area (Å²) in [5.74, 6) is 0.692. The fourth-order valence-corrected chi connectivity index (χ4v) is 1.87. The first-order chi connectivity index (χ1) is 9.21. The van der Waals surface area contributed by atoms with Crippen LogP contribution in [0.1, 0.15) is 25.8 Å². The van der Waals surface area contributed by atoms with E-state index < -0.39 is 0 Å². The van der Waals surface area contributed by atoms with Crippen LogP contribution in [0.2, 0.25) is 0 Å². The van der Waals surface area contributed by atoms with Crippen molar-refractivity contribution in [1.82, 2.24) is 5.32 Å². The van der Waals surface area contributed by atoms with E-state index in [0.29, 0.717) is 26.1 Å². The molecule has 4 nitrogen and oxygen atoms in total. The highest BCUT2D eigenvalue weighted by Crippen LogP contribution is 2.16. The van der Waals surface area contributed by atoms with Crippen molar-refractivity contribution in [3.8, 4) is 5.75 Å². The number of hydrogen-bond donors (Lipinski definition) is 2. The van der Waals surface area contributed by atoms with Gasteiger partial charge >= 0.3 is 0 Å². The Balaban J connectivity index is 2.66. The smallest absolute Gasteiger partial charge is 0.224 e. The summed E-state index contributed by atoms with van der Waals surface area (Å²) >= 11 is 0. The number of nitrogens with one attached hydrogen (secondary N) is 1. The largest absolute Gasteiger partial charge is 0.494 e. The molecular weight excluding hydrogens is 240 g/mol. The average Bonchev–Trinajstić information content (AvgIpc) is 2.43. The van der Waals surface area contributed by atoms with Crippen LogP contribution in [0, 0.1) is 5.92 Å². The van der Waals surface area contributed by atoms with Crippen LogP contribution in [0.25, 0.3) is 0 Å². The molecule has 1 unspecified atom stereocenters. The van der Waals surface area contributed by atoms with E-state index in [2.05, 4.69) is 12.2 Å². The van der Waals surface area contributed by atoms with Crippen LogP contribution in [0.3, 0.4) is 0 Å². The van der Waals surface area contributed by atoms with Crippen molar-refractivity contribution in [2.24, 2.45) is 11.7 Å². The summed E-state index contributed by atoms with van der Waals surface area (Å²) < 4.78 is 5.59. The maximum absolute atomic E-state index is 11.8. The van der Waals surface area contributed by atoms with Gasteiger partial charge in [0.25, 0.3) is 0 Å². The Morgan fingerprint density at radius 1 is 1.42 bits per heavy atom. The number of nitrogens with two attached hydrogens (primary N) is 1. The molecule has 0 saturated heterocycles. The Morgan fingerprint density at radius 2 is 2.21 bits per heavy atom. The highest BCUT2D eigenvalue weighted by Gasteiger charge is 2.16. The van der Waals surface area contributed by atoms with Crippen LogP contribution >= 0.6 is 0 Å². The van der Waals surface area contributed by atoms with Gasteiger partial charge in [-0.1, -0.05) is 19.1 Å². The fraction of sp³-hybridized carbons (Fsp3) is 0.533. The van der Waals surface area contributed by atoms with Gasteiger partial charge in [-0.2, -0.15) is 0 Å². The van der Waals surface area contributed by atoms with Crippen molar-refractivity contribution in [1.29, 1.82) is 0 Å². The van der Waals surface area contributed by atoms with Gasteiger partial charge in [0.2, 0.25) is 5.91 Å². The molecule has 0 heterocycles. The normalized spacial score (nSPS) is 11.9. The van der Waals surface area contributed by atoms with Gasteiger partial charge in [0.1, 0.15) is 5.75 Å². The van der Waals surface area contributed by atoms with Crippen molar-refractivity contribution in [3.63, 3.8) is 0 Å². The van der Waals surface area contributed by atoms with Crippen LogP contribution in [-0.4, -0.2) is 25.6 Å². The van der Waals surface area contributed by atoms with E-state index in [9.17, 15) is 4.79 Å². The molecule has 1 aromatic carbocycles. The second-order valence-electron chi connectivity index (χ2n) is 4.53. The Kier molecular flexibility index (Phi) is 6.97. The fourth-order valence-electron chi connectivity index (χ4n) is 1.87. The predicted molar refractivity (Wildman–Crippen MR) is 77.2 cm³/mol. The van der Waals surface area contributed by atoms with Crippen LogP contribution in [-0.2, 0) is 11.2 Å². The van der Waals surface area contributed by atoms with Crippen molar-refractivity contribution in [3.05, 3.63) is 29.8 Å². The molecule has 19 heavy (non-hydrogen) atoms. The van der Waals surface area contributed by atoms with E-state index in [0.717, 1.165) is 17.7 Å². The summed E-state index contributed by atoms with van der Waals surface area (Å²) in [5, 5.41) is 2.82. The zero-order valence-corrected chi connectivity index (χ0v) is 11.8. The summed E-state index contributed by atoms with van der Waals surface area (Å²) in [4.78, 5) is 11.8. The second-order valence-corrected chi connectivity index (χ2v) is 4.53. The van der Waals surface area contributed by atoms with Gasteiger partial charge in [-0.3, -0.25) is 4.79 Å². The number of ether oxygens (including phenoxy) is 1. The molecule has 0 radical (unpaired) electrons. The zero-order chi connectivity index (χ0) is 14.1. The van der Waals surface area contributed by atoms with Gasteiger partial charge in [0.05, 0.1) is 12.5 Å². The summed E-state index contributed by atoms with van der Waals surface area (Å²) in [6.07, 6.45) is 1.63. The molecule has 4 heteroatoms. The Labute approximate surface area is 115 Å². The first kappa shape index (κ1) is 15.5. The number of benzene rings is 1. The van der Waals surface area contributed by atoms with E-state index in [-0.39, 0.29) is 11.8 Å². The quantitative estimate of drug-likeness (QED) is 0.751. The van der Waals surface area contributed by atoms with Crippen LogP contribution in [0.4, 0.5) is 0 Å². The maximum atomic E-state index is 11.8. The molecule has 1 atom stereocenters. The molecule has 0 aliphatic rings. The number of rotatable bonds is 8. The first-order valence-corrected chi connectivity index (χ1v) is 6.90. The lowest BCUT2D eigenvalue weighted by molar-refractivity contribution is -0.124. The molecule has 0 aliphatic heterocycles. The third kappa shape index (κ3) is 5.30. The minimum atomic E-state index is -0.179. The molecule has 0 aromatic heterocycles. The highest BCUT2D eigenvalue weighted by atomic mass is 16.5. The molecule has 0 fully saturated rings. The summed E-state index contributed by atoms with van der Waals surface area (Å²) in [7, 11) is 0. The molecule has 1 amide bonds. The Morgan fingerprint density at radius 3 is 2.84 bits per heavy atom. The van der Waals surface area contributed by atoms with Gasteiger partial charge in [0, 0.05) is 13.1 Å². The topological polar surface area (TPSA) is 64.3 Å². The minimum Gasteiger partial charge on any atom is -0.494 e. The van der Waals surface area contributed by atoms with Gasteiger partial charge < -0.3 is 15.8 Å². The predicted octanol–water partition coefficient (Wildman–Crippen LogP) is 1.73. The molecule has 0 bridgehead atoms. The van der Waals surface area contributed by atoms with Crippen LogP contribution < -0.4 is 15.8 Å². The van der Waals surface area contributed by atoms with E-state index in [4.69, 9.17) is 10.5 Å². The molecule has 3 N–H and O–H groups in total. The van der Waals surface area contributed by atoms with Crippen LogP contribution in [0.15, 0.2) is 24.3 Å². The van der Waals surface area contributed by atoms with Gasteiger partial charge in [-0.15, -0.1) is 0 Å². The molecule has 0 saturated carbocycles. The van der Waals surface area contributed by atoms with Gasteiger partial charge in [-0.25, -0.2) is 0 Å². The van der Waals surface area contributed by atoms with Crippen molar-refractivity contribution in [2.45, 2.75) is 26.7 Å². The Bertz CT molecular complexity index is 393. The van der Waals surface area contributed by atoms with E-state index >= 15 is 0 Å². The summed E-state index contributed by atoms with van der Waals surface area (Å²) in [5.41, 5.74) is 6.76. The lowest BCUT2D eigenvalue weighted by atomic mass is 9.98. The number of hydrogen-bond acceptors (Lipinski definition) is 3. The molecule has 1 rings (SSSR count). The maximum Gasteiger partial charge on any atom is 0.224 e. The zero-order valence-electron chi connectivity index (χ0n) is 11.8. The van der Waals surface area contributed by atoms with Crippen molar-refractivity contribution >= 4 is 5.91 Å². The van der Waals surface area contributed by atoms with Crippen molar-refractivity contribution in [2.75, 3.05) is 19.7 Å². The Hall–Kier alpha value is -1.55. The second kappa shape index (κ2) is 8.53. The molecule has 106 valence electrons. The van der Waals surface area contributed by atoms with Crippen LogP contribution in [0.5, 0.6) is 5.75 Å². The standard InChI is InChI=1S/C15H24N2O2/c1-3-8-19-14-7-5-6-12(10-14)9-13(11-16)15(18)17-4-2/h5-7,10,13H,3-4,8-9,11,16H2,1-2H3,(H,17,18). The van der Waals surface area contributed by atoms with Crippen molar-refractivity contribution < 1.29 is 9.53 Å². The van der Waals surface area contributed by atoms with E-state index in [1.165, 1.54) is 0 Å². The number of amides is 1. The average molecular weight is 264 g/mol. The molecule has 1 aromatic rings. The SMILES string of the molecule is CCCOc1cccc(CC(CN)C(=O)NCC)c1. The van der Waals surface area contributed by atoms with E-state index in [1.54, 1.807) is 0 Å². The minimum absolute atomic E-state index is 0.0184. The van der Waals surface area contributed by atoms with E-state index in [1.807, 2.05) is 31.2 Å². The van der Waals surface area contributed by atoms with Gasteiger partial charge in [0.15, 0.2) is 0 Å². The third-order valence-electron chi connectivity index (χ3n) is 2.86. The lowest BCUT2D eigenvalue weighted by Crippen LogP contribution is -2.36. The number of carbonyl (C=O) groups excluding carboxylic acids is 1. The monoisotopic (exact) mass is 264 g/mol. The molecular formula is C15H24N2O2. The molecule has 0 spiro atoms. The van der Waals surface area contributed by atoms with Gasteiger partial charge in [-0.05, 0) is 37.5 Å². The summed E-state index contributed by atoms with van der Waals surface area (Å²) in [6.45, 7) is 5.68. The first-order valence-electron chi connectivity index (χ1n) is 6.90. The highest BCUT2D eigenvalue weighted by molar-refractivity contribution is 5.79. The molecule has 0 aliphatic carbocycles. The number of carbonyl (C=O) groups is 1.